The van der Waals surface area contributed by atoms with Gasteiger partial charge in [0.15, 0.2) is 0 Å². The monoisotopic (exact) mass is 491 g/mol. The van der Waals surface area contributed by atoms with Gasteiger partial charge in [-0.25, -0.2) is 9.97 Å². The highest BCUT2D eigenvalue weighted by Crippen LogP contribution is 2.33. The highest BCUT2D eigenvalue weighted by Gasteiger charge is 2.17. The van der Waals surface area contributed by atoms with Crippen LogP contribution in [0.25, 0.3) is 55.8 Å². The van der Waals surface area contributed by atoms with Crippen LogP contribution in [0.1, 0.15) is 12.8 Å². The maximum Gasteiger partial charge on any atom is 0.138 e. The van der Waals surface area contributed by atoms with Crippen molar-refractivity contribution in [2.75, 3.05) is 26.2 Å². The van der Waals surface area contributed by atoms with Crippen LogP contribution in [-0.2, 0) is 0 Å². The van der Waals surface area contributed by atoms with E-state index >= 15 is 0 Å². The van der Waals surface area contributed by atoms with Gasteiger partial charge >= 0.3 is 0 Å². The number of rotatable bonds is 7. The van der Waals surface area contributed by atoms with Gasteiger partial charge in [-0.1, -0.05) is 0 Å². The fourth-order valence-electron chi connectivity index (χ4n) is 5.01. The maximum atomic E-state index is 6.00. The standard InChI is InChI=1S/C28H25N7O2/c1-2-9-35(8-1)10-12-37-20-13-19(15-29-16-20)23-3-4-24-26(31-23)27(34-33-24)25-14-22-21(18-6-11-36-17-18)5-7-30-28(22)32-25/h3-7,11,13-17H,1-2,8-10,12H2,(H,30,32)(H,33,34). The zero-order valence-corrected chi connectivity index (χ0v) is 20.1. The third-order valence-electron chi connectivity index (χ3n) is 6.91. The summed E-state index contributed by atoms with van der Waals surface area (Å²) in [6, 6.07) is 11.9. The van der Waals surface area contributed by atoms with Crippen LogP contribution in [-0.4, -0.2) is 61.3 Å². The normalized spacial score (nSPS) is 14.2. The molecule has 0 saturated carbocycles. The van der Waals surface area contributed by atoms with E-state index in [0.717, 1.165) is 81.2 Å². The summed E-state index contributed by atoms with van der Waals surface area (Å²) < 4.78 is 11.3. The molecule has 1 aliphatic heterocycles. The lowest BCUT2D eigenvalue weighted by molar-refractivity contribution is 0.237. The van der Waals surface area contributed by atoms with Crippen molar-refractivity contribution in [2.45, 2.75) is 12.8 Å². The van der Waals surface area contributed by atoms with Crippen LogP contribution in [0, 0.1) is 0 Å². The van der Waals surface area contributed by atoms with Gasteiger partial charge in [0.05, 0.1) is 35.6 Å². The van der Waals surface area contributed by atoms with Crippen molar-refractivity contribution < 1.29 is 9.15 Å². The van der Waals surface area contributed by atoms with E-state index < -0.39 is 0 Å². The molecule has 6 aromatic heterocycles. The molecule has 0 aromatic carbocycles. The highest BCUT2D eigenvalue weighted by molar-refractivity contribution is 5.98. The molecule has 9 nitrogen and oxygen atoms in total. The number of hydrogen-bond donors (Lipinski definition) is 2. The largest absolute Gasteiger partial charge is 0.491 e. The number of nitrogens with zero attached hydrogens (tertiary/aromatic N) is 5. The zero-order valence-electron chi connectivity index (χ0n) is 20.1. The zero-order chi connectivity index (χ0) is 24.6. The van der Waals surface area contributed by atoms with E-state index in [9.17, 15) is 0 Å². The molecule has 7 heterocycles. The van der Waals surface area contributed by atoms with E-state index in [1.54, 1.807) is 24.9 Å². The van der Waals surface area contributed by atoms with E-state index in [-0.39, 0.29) is 0 Å². The molecule has 0 amide bonds. The van der Waals surface area contributed by atoms with Gasteiger partial charge in [-0.15, -0.1) is 0 Å². The predicted molar refractivity (Wildman–Crippen MR) is 141 cm³/mol. The van der Waals surface area contributed by atoms with Crippen molar-refractivity contribution in [2.24, 2.45) is 0 Å². The second kappa shape index (κ2) is 9.18. The summed E-state index contributed by atoms with van der Waals surface area (Å²) in [6.45, 7) is 3.92. The molecule has 1 fully saturated rings. The van der Waals surface area contributed by atoms with Crippen molar-refractivity contribution in [3.8, 4) is 39.5 Å². The van der Waals surface area contributed by atoms with Gasteiger partial charge in [0.25, 0.3) is 0 Å². The van der Waals surface area contributed by atoms with E-state index in [0.29, 0.717) is 6.61 Å². The fraction of sp³-hybridized carbons (Fsp3) is 0.214. The minimum absolute atomic E-state index is 0.651. The Morgan fingerprint density at radius 3 is 2.86 bits per heavy atom. The fourth-order valence-corrected chi connectivity index (χ4v) is 5.01. The summed E-state index contributed by atoms with van der Waals surface area (Å²) in [5, 5.41) is 8.67. The topological polar surface area (TPSA) is 109 Å². The first kappa shape index (κ1) is 21.8. The van der Waals surface area contributed by atoms with E-state index in [2.05, 4.69) is 36.1 Å². The van der Waals surface area contributed by atoms with Crippen LogP contribution >= 0.6 is 0 Å². The molecule has 184 valence electrons. The van der Waals surface area contributed by atoms with Crippen LogP contribution in [0.5, 0.6) is 5.75 Å². The van der Waals surface area contributed by atoms with Gasteiger partial charge in [-0.2, -0.15) is 5.10 Å². The molecule has 0 aliphatic carbocycles. The van der Waals surface area contributed by atoms with Crippen molar-refractivity contribution in [3.63, 3.8) is 0 Å². The number of H-pyrrole nitrogens is 2. The van der Waals surface area contributed by atoms with Gasteiger partial charge in [0.1, 0.15) is 29.2 Å². The van der Waals surface area contributed by atoms with E-state index in [1.807, 2.05) is 36.5 Å². The molecule has 7 rings (SSSR count). The lowest BCUT2D eigenvalue weighted by Gasteiger charge is -2.15. The summed E-state index contributed by atoms with van der Waals surface area (Å²) in [7, 11) is 0. The molecule has 6 aromatic rings. The Morgan fingerprint density at radius 1 is 1.03 bits per heavy atom. The third-order valence-corrected chi connectivity index (χ3v) is 6.91. The number of fused-ring (bicyclic) bond motifs is 2. The molecule has 2 N–H and O–H groups in total. The smallest absolute Gasteiger partial charge is 0.138 e. The minimum Gasteiger partial charge on any atom is -0.491 e. The van der Waals surface area contributed by atoms with Crippen LogP contribution in [0.2, 0.25) is 0 Å². The van der Waals surface area contributed by atoms with Crippen LogP contribution < -0.4 is 4.74 Å². The molecule has 0 unspecified atom stereocenters. The average Bonchev–Trinajstić information content (AvgIpc) is 3.74. The van der Waals surface area contributed by atoms with Crippen molar-refractivity contribution in [1.82, 2.24) is 35.0 Å². The van der Waals surface area contributed by atoms with Gasteiger partial charge in [0.2, 0.25) is 0 Å². The number of likely N-dealkylation sites (tertiary alicyclic amines) is 1. The first-order valence-corrected chi connectivity index (χ1v) is 12.5. The number of aromatic nitrogens is 6. The number of ether oxygens (including phenoxy) is 1. The summed E-state index contributed by atoms with van der Waals surface area (Å²) in [4.78, 5) is 19.7. The number of pyridine rings is 3. The Balaban J connectivity index is 1.20. The first-order chi connectivity index (χ1) is 18.3. The second-order valence-electron chi connectivity index (χ2n) is 9.29. The van der Waals surface area contributed by atoms with E-state index in [4.69, 9.17) is 14.1 Å². The van der Waals surface area contributed by atoms with Gasteiger partial charge in [-0.3, -0.25) is 15.0 Å². The Kier molecular flexibility index (Phi) is 5.40. The molecule has 1 saturated heterocycles. The molecule has 1 aliphatic rings. The number of furan rings is 1. The molecule has 9 heteroatoms. The van der Waals surface area contributed by atoms with E-state index in [1.165, 1.54) is 12.8 Å². The van der Waals surface area contributed by atoms with Crippen LogP contribution in [0.4, 0.5) is 0 Å². The number of nitrogens with one attached hydrogen (secondary N) is 2. The maximum absolute atomic E-state index is 6.00. The lowest BCUT2D eigenvalue weighted by Crippen LogP contribution is -2.25. The number of hydrogen-bond acceptors (Lipinski definition) is 7. The SMILES string of the molecule is c1cc(-c2ccoc2)c2cc(-c3n[nH]c4ccc(-c5cncc(OCCN6CCCC6)c5)nc34)[nH]c2n1. The first-order valence-electron chi connectivity index (χ1n) is 12.5. The molecule has 0 atom stereocenters. The molecule has 0 spiro atoms. The Hall–Kier alpha value is -4.50. The molecular weight excluding hydrogens is 466 g/mol. The Morgan fingerprint density at radius 2 is 1.97 bits per heavy atom. The van der Waals surface area contributed by atoms with Crippen molar-refractivity contribution in [1.29, 1.82) is 0 Å². The molecule has 0 radical (unpaired) electrons. The Bertz CT molecular complexity index is 1680. The average molecular weight is 492 g/mol. The minimum atomic E-state index is 0.651. The summed E-state index contributed by atoms with van der Waals surface area (Å²) in [5.74, 6) is 0.750. The quantitative estimate of drug-likeness (QED) is 0.312. The lowest BCUT2D eigenvalue weighted by atomic mass is 10.1. The summed E-state index contributed by atoms with van der Waals surface area (Å²) in [5.41, 5.74) is 7.73. The highest BCUT2D eigenvalue weighted by atomic mass is 16.5. The van der Waals surface area contributed by atoms with Crippen molar-refractivity contribution in [3.05, 3.63) is 67.5 Å². The summed E-state index contributed by atoms with van der Waals surface area (Å²) >= 11 is 0. The molecule has 0 bridgehead atoms. The Labute approximate surface area is 212 Å². The van der Waals surface area contributed by atoms with Crippen molar-refractivity contribution >= 4 is 22.1 Å². The van der Waals surface area contributed by atoms with Gasteiger partial charge in [0, 0.05) is 35.5 Å². The van der Waals surface area contributed by atoms with Crippen LogP contribution in [0.15, 0.2) is 71.9 Å². The molecular formula is C28H25N7O2. The molecule has 37 heavy (non-hydrogen) atoms. The summed E-state index contributed by atoms with van der Waals surface area (Å²) in [6.07, 6.45) is 11.3. The number of aromatic amines is 2. The van der Waals surface area contributed by atoms with Crippen LogP contribution in [0.3, 0.4) is 0 Å². The van der Waals surface area contributed by atoms with Gasteiger partial charge < -0.3 is 14.1 Å². The second-order valence-corrected chi connectivity index (χ2v) is 9.29. The van der Waals surface area contributed by atoms with Gasteiger partial charge in [-0.05, 0) is 67.9 Å². The predicted octanol–water partition coefficient (Wildman–Crippen LogP) is 5.30. The third kappa shape index (κ3) is 4.13.